The molecule has 0 spiro atoms. The van der Waals surface area contributed by atoms with Gasteiger partial charge in [-0.1, -0.05) is 6.07 Å². The second-order valence-electron chi connectivity index (χ2n) is 7.85. The van der Waals surface area contributed by atoms with Gasteiger partial charge in [0.2, 0.25) is 5.91 Å². The van der Waals surface area contributed by atoms with E-state index in [9.17, 15) is 24.5 Å². The van der Waals surface area contributed by atoms with Crippen molar-refractivity contribution >= 4 is 29.1 Å². The summed E-state index contributed by atoms with van der Waals surface area (Å²) in [4.78, 5) is 52.3. The van der Waals surface area contributed by atoms with Gasteiger partial charge in [-0.3, -0.25) is 24.5 Å². The van der Waals surface area contributed by atoms with Crippen molar-refractivity contribution in [1.29, 1.82) is 5.26 Å². The first-order valence-electron chi connectivity index (χ1n) is 10.4. The number of hydrogen-bond acceptors (Lipinski definition) is 7. The lowest BCUT2D eigenvalue weighted by atomic mass is 10.1. The van der Waals surface area contributed by atoms with Crippen molar-refractivity contribution in [2.45, 2.75) is 31.4 Å². The van der Waals surface area contributed by atoms with E-state index in [4.69, 9.17) is 10.00 Å². The Morgan fingerprint density at radius 3 is 2.64 bits per heavy atom. The number of rotatable bonds is 6. The van der Waals surface area contributed by atoms with Gasteiger partial charge in [-0.05, 0) is 43.2 Å². The quantitative estimate of drug-likeness (QED) is 0.376. The van der Waals surface area contributed by atoms with Gasteiger partial charge in [-0.25, -0.2) is 4.90 Å². The van der Waals surface area contributed by atoms with Crippen molar-refractivity contribution in [2.75, 3.05) is 18.1 Å². The van der Waals surface area contributed by atoms with E-state index in [1.807, 2.05) is 6.07 Å². The third kappa shape index (κ3) is 4.44. The van der Waals surface area contributed by atoms with Crippen LogP contribution in [-0.4, -0.2) is 52.8 Å². The van der Waals surface area contributed by atoms with Gasteiger partial charge < -0.3 is 9.64 Å². The molecule has 168 valence electrons. The molecule has 33 heavy (non-hydrogen) atoms. The first-order chi connectivity index (χ1) is 15.9. The number of anilines is 1. The maximum atomic E-state index is 13.4. The number of hydrogen-bond donors (Lipinski definition) is 0. The lowest BCUT2D eigenvalue weighted by molar-refractivity contribution is -0.384. The number of carbonyl (C=O) groups is 3. The molecule has 10 heteroatoms. The fraction of sp³-hybridized carbons (Fsp3) is 0.304. The lowest BCUT2D eigenvalue weighted by Gasteiger charge is -2.29. The Kier molecular flexibility index (Phi) is 6.15. The number of benzene rings is 2. The van der Waals surface area contributed by atoms with Crippen molar-refractivity contribution in [2.24, 2.45) is 0 Å². The van der Waals surface area contributed by atoms with E-state index < -0.39 is 28.7 Å². The normalized spacial score (nSPS) is 20.0. The molecule has 0 aromatic heterocycles. The van der Waals surface area contributed by atoms with Crippen LogP contribution in [0.25, 0.3) is 0 Å². The molecular formula is C23H20N4O6. The van der Waals surface area contributed by atoms with Crippen LogP contribution in [0.4, 0.5) is 11.4 Å². The highest BCUT2D eigenvalue weighted by Gasteiger charge is 2.45. The molecule has 10 nitrogen and oxygen atoms in total. The molecule has 2 heterocycles. The van der Waals surface area contributed by atoms with Gasteiger partial charge in [0.1, 0.15) is 6.04 Å². The average molecular weight is 448 g/mol. The fourth-order valence-corrected chi connectivity index (χ4v) is 4.09. The number of amides is 3. The molecule has 2 aliphatic heterocycles. The zero-order chi connectivity index (χ0) is 23.5. The number of ether oxygens (including phenoxy) is 1. The zero-order valence-corrected chi connectivity index (χ0v) is 17.5. The summed E-state index contributed by atoms with van der Waals surface area (Å²) < 4.78 is 5.65. The molecule has 2 aliphatic rings. The highest BCUT2D eigenvalue weighted by molar-refractivity contribution is 6.23. The lowest BCUT2D eigenvalue weighted by Crippen LogP contribution is -2.48. The maximum Gasteiger partial charge on any atom is 0.270 e. The second kappa shape index (κ2) is 9.18. The standard InChI is InChI=1S/C23H20N4O6/c24-13-15-6-8-17(9-7-15)26-21(28)12-20(23(26)30)25(14-19-5-2-10-33-19)22(29)16-3-1-4-18(11-16)27(31)32/h1,3-4,6-9,11,19-20H,2,5,10,12,14H2. The molecule has 0 saturated carbocycles. The van der Waals surface area contributed by atoms with E-state index in [1.54, 1.807) is 0 Å². The summed E-state index contributed by atoms with van der Waals surface area (Å²) in [5.41, 5.74) is 0.506. The molecule has 0 aliphatic carbocycles. The predicted octanol–water partition coefficient (Wildman–Crippen LogP) is 2.42. The minimum atomic E-state index is -1.07. The monoisotopic (exact) mass is 448 g/mol. The Morgan fingerprint density at radius 1 is 1.24 bits per heavy atom. The summed E-state index contributed by atoms with van der Waals surface area (Å²) in [6.45, 7) is 0.630. The molecule has 2 saturated heterocycles. The number of non-ortho nitro benzene ring substituents is 1. The van der Waals surface area contributed by atoms with E-state index >= 15 is 0 Å². The fourth-order valence-electron chi connectivity index (χ4n) is 4.09. The van der Waals surface area contributed by atoms with Crippen LogP contribution in [0.1, 0.15) is 35.2 Å². The minimum absolute atomic E-state index is 0.0549. The van der Waals surface area contributed by atoms with Crippen molar-refractivity contribution in [1.82, 2.24) is 4.90 Å². The van der Waals surface area contributed by atoms with Crippen LogP contribution in [0, 0.1) is 21.4 Å². The van der Waals surface area contributed by atoms with E-state index in [0.717, 1.165) is 17.4 Å². The van der Waals surface area contributed by atoms with Gasteiger partial charge in [-0.15, -0.1) is 0 Å². The van der Waals surface area contributed by atoms with Crippen molar-refractivity contribution in [3.8, 4) is 6.07 Å². The van der Waals surface area contributed by atoms with E-state index in [0.29, 0.717) is 24.3 Å². The number of imide groups is 1. The largest absolute Gasteiger partial charge is 0.376 e. The van der Waals surface area contributed by atoms with Gasteiger partial charge in [0.15, 0.2) is 0 Å². The number of carbonyl (C=O) groups excluding carboxylic acids is 3. The molecule has 2 aromatic carbocycles. The minimum Gasteiger partial charge on any atom is -0.376 e. The highest BCUT2D eigenvalue weighted by atomic mass is 16.6. The molecular weight excluding hydrogens is 428 g/mol. The predicted molar refractivity (Wildman–Crippen MR) is 115 cm³/mol. The third-order valence-corrected chi connectivity index (χ3v) is 5.74. The highest BCUT2D eigenvalue weighted by Crippen LogP contribution is 2.28. The topological polar surface area (TPSA) is 134 Å². The molecule has 2 unspecified atom stereocenters. The van der Waals surface area contributed by atoms with Crippen LogP contribution in [0.3, 0.4) is 0 Å². The summed E-state index contributed by atoms with van der Waals surface area (Å²) in [7, 11) is 0. The van der Waals surface area contributed by atoms with Gasteiger partial charge in [0.05, 0.1) is 34.8 Å². The van der Waals surface area contributed by atoms with Gasteiger partial charge in [-0.2, -0.15) is 5.26 Å². The summed E-state index contributed by atoms with van der Waals surface area (Å²) in [5, 5.41) is 20.1. The summed E-state index contributed by atoms with van der Waals surface area (Å²) >= 11 is 0. The van der Waals surface area contributed by atoms with E-state index in [2.05, 4.69) is 0 Å². The van der Waals surface area contributed by atoms with Crippen LogP contribution in [0.5, 0.6) is 0 Å². The molecule has 0 bridgehead atoms. The average Bonchev–Trinajstić information content (AvgIpc) is 3.44. The Balaban J connectivity index is 1.65. The van der Waals surface area contributed by atoms with Crippen LogP contribution in [0.15, 0.2) is 48.5 Å². The smallest absolute Gasteiger partial charge is 0.270 e. The maximum absolute atomic E-state index is 13.4. The first-order valence-corrected chi connectivity index (χ1v) is 10.4. The van der Waals surface area contributed by atoms with Gasteiger partial charge in [0, 0.05) is 30.8 Å². The number of nitro groups is 1. The summed E-state index contributed by atoms with van der Waals surface area (Å²) in [6, 6.07) is 12.2. The SMILES string of the molecule is N#Cc1ccc(N2C(=O)CC(N(CC3CCCO3)C(=O)c3cccc([N+](=O)[O-])c3)C2=O)cc1. The molecule has 2 atom stereocenters. The first kappa shape index (κ1) is 22.1. The zero-order valence-electron chi connectivity index (χ0n) is 17.5. The summed E-state index contributed by atoms with van der Waals surface area (Å²) in [6.07, 6.45) is 1.01. The molecule has 4 rings (SSSR count). The van der Waals surface area contributed by atoms with Crippen molar-refractivity contribution in [3.05, 3.63) is 69.8 Å². The Hall–Kier alpha value is -4.10. The second-order valence-corrected chi connectivity index (χ2v) is 7.85. The van der Waals surface area contributed by atoms with Crippen LogP contribution in [0.2, 0.25) is 0 Å². The van der Waals surface area contributed by atoms with Crippen molar-refractivity contribution < 1.29 is 24.0 Å². The van der Waals surface area contributed by atoms with Gasteiger partial charge in [0.25, 0.3) is 17.5 Å². The molecule has 2 fully saturated rings. The van der Waals surface area contributed by atoms with Crippen LogP contribution < -0.4 is 4.90 Å². The molecule has 3 amide bonds. The Labute approximate surface area is 189 Å². The summed E-state index contributed by atoms with van der Waals surface area (Å²) in [5.74, 6) is -1.62. The van der Waals surface area contributed by atoms with Crippen LogP contribution in [-0.2, 0) is 14.3 Å². The number of nitrogens with zero attached hydrogens (tertiary/aromatic N) is 4. The van der Waals surface area contributed by atoms with Crippen molar-refractivity contribution in [3.63, 3.8) is 0 Å². The van der Waals surface area contributed by atoms with E-state index in [-0.39, 0.29) is 30.3 Å². The third-order valence-electron chi connectivity index (χ3n) is 5.74. The van der Waals surface area contributed by atoms with Gasteiger partial charge >= 0.3 is 0 Å². The molecule has 0 radical (unpaired) electrons. The number of nitriles is 1. The Bertz CT molecular complexity index is 1150. The molecule has 0 N–H and O–H groups in total. The van der Waals surface area contributed by atoms with E-state index in [1.165, 1.54) is 47.4 Å². The number of nitro benzene ring substituents is 1. The van der Waals surface area contributed by atoms with Crippen LogP contribution >= 0.6 is 0 Å². The molecule has 2 aromatic rings. The Morgan fingerprint density at radius 2 is 2.00 bits per heavy atom.